The lowest BCUT2D eigenvalue weighted by Crippen LogP contribution is -2.05. The zero-order chi connectivity index (χ0) is 20.3. The first-order chi connectivity index (χ1) is 11.6. The van der Waals surface area contributed by atoms with Crippen LogP contribution >= 0.6 is 0 Å². The molecule has 7 N–H and O–H groups in total. The summed E-state index contributed by atoms with van der Waals surface area (Å²) < 4.78 is 89.4. The highest BCUT2D eigenvalue weighted by atomic mass is 32.2. The Morgan fingerprint density at radius 3 is 1.50 bits per heavy atom. The number of rotatable bonds is 3. The summed E-state index contributed by atoms with van der Waals surface area (Å²) in [6.07, 6.45) is 0. The molecule has 0 unspecified atom stereocenters. The van der Waals surface area contributed by atoms with E-state index in [0.29, 0.717) is 5.69 Å². The number of benzene rings is 2. The number of hydrogen-bond donors (Lipinski definition) is 5. The van der Waals surface area contributed by atoms with Crippen molar-refractivity contribution in [3.8, 4) is 0 Å². The average Bonchev–Trinajstić information content (AvgIpc) is 2.44. The van der Waals surface area contributed by atoms with E-state index in [1.165, 1.54) is 24.3 Å². The van der Waals surface area contributed by atoms with Crippen molar-refractivity contribution < 1.29 is 38.9 Å². The third-order valence-corrected chi connectivity index (χ3v) is 5.34. The topological polar surface area (TPSA) is 215 Å². The van der Waals surface area contributed by atoms with Crippen LogP contribution in [0.2, 0.25) is 0 Å². The fraction of sp³-hybridized carbons (Fsp3) is 0. The van der Waals surface area contributed by atoms with E-state index in [4.69, 9.17) is 25.1 Å². The van der Waals surface area contributed by atoms with Crippen LogP contribution in [0.25, 0.3) is 0 Å². The largest absolute Gasteiger partial charge is 0.399 e. The van der Waals surface area contributed by atoms with Gasteiger partial charge in [0.05, 0.1) is 15.5 Å². The number of nitrogens with two attached hydrogens (primary N) is 2. The molecule has 2 aromatic carbocycles. The minimum absolute atomic E-state index is 0.183. The molecule has 0 spiro atoms. The number of anilines is 2. The second-order valence-corrected chi connectivity index (χ2v) is 8.93. The van der Waals surface area contributed by atoms with Crippen molar-refractivity contribution in [2.24, 2.45) is 0 Å². The van der Waals surface area contributed by atoms with Gasteiger partial charge in [0.15, 0.2) is 0 Å². The molecule has 0 saturated carbocycles. The van der Waals surface area contributed by atoms with Crippen LogP contribution in [0.3, 0.4) is 0 Å². The fourth-order valence-corrected chi connectivity index (χ4v) is 3.25. The summed E-state index contributed by atoms with van der Waals surface area (Å²) in [5.74, 6) is 0. The summed E-state index contributed by atoms with van der Waals surface area (Å²) in [5.41, 5.74) is 10.3. The highest BCUT2D eigenvalue weighted by Gasteiger charge is 2.17. The molecule has 14 heteroatoms. The summed E-state index contributed by atoms with van der Waals surface area (Å²) in [4.78, 5) is -1.35. The van der Waals surface area contributed by atoms with E-state index < -0.39 is 45.8 Å². The molecule has 2 rings (SSSR count). The van der Waals surface area contributed by atoms with Crippen molar-refractivity contribution in [3.05, 3.63) is 42.5 Å². The van der Waals surface area contributed by atoms with Crippen LogP contribution < -0.4 is 11.5 Å². The van der Waals surface area contributed by atoms with Gasteiger partial charge < -0.3 is 11.5 Å². The van der Waals surface area contributed by atoms with Gasteiger partial charge in [-0.05, 0) is 36.4 Å². The van der Waals surface area contributed by atoms with E-state index in [2.05, 4.69) is 0 Å². The highest BCUT2D eigenvalue weighted by molar-refractivity contribution is 7.86. The zero-order valence-electron chi connectivity index (χ0n) is 12.7. The minimum Gasteiger partial charge on any atom is -0.399 e. The third kappa shape index (κ3) is 6.25. The lowest BCUT2D eigenvalue weighted by Gasteiger charge is -2.03. The summed E-state index contributed by atoms with van der Waals surface area (Å²) in [7, 11) is -13.0. The van der Waals surface area contributed by atoms with Gasteiger partial charge in [0.2, 0.25) is 0 Å². The van der Waals surface area contributed by atoms with E-state index in [1.54, 1.807) is 0 Å². The Labute approximate surface area is 149 Å². The van der Waals surface area contributed by atoms with Crippen LogP contribution in [0.1, 0.15) is 0 Å². The molecule has 26 heavy (non-hydrogen) atoms. The molecule has 0 bridgehead atoms. The Balaban J connectivity index is 0.000000273. The van der Waals surface area contributed by atoms with Gasteiger partial charge in [0.1, 0.15) is 4.90 Å². The Hall–Kier alpha value is -2.23. The molecule has 0 saturated heterocycles. The third-order valence-electron chi connectivity index (χ3n) is 2.71. The zero-order valence-corrected chi connectivity index (χ0v) is 15.2. The van der Waals surface area contributed by atoms with Crippen LogP contribution in [-0.4, -0.2) is 38.9 Å². The van der Waals surface area contributed by atoms with Crippen molar-refractivity contribution in [2.75, 3.05) is 11.5 Å². The summed E-state index contributed by atoms with van der Waals surface area (Å²) in [6.45, 7) is 0. The van der Waals surface area contributed by atoms with Crippen LogP contribution in [0.4, 0.5) is 11.4 Å². The van der Waals surface area contributed by atoms with Gasteiger partial charge in [-0.25, -0.2) is 0 Å². The van der Waals surface area contributed by atoms with Crippen LogP contribution in [-0.2, 0) is 30.4 Å². The van der Waals surface area contributed by atoms with Gasteiger partial charge in [0, 0.05) is 5.69 Å². The predicted molar refractivity (Wildman–Crippen MR) is 91.2 cm³/mol. The molecular weight excluding hydrogens is 412 g/mol. The molecule has 0 amide bonds. The molecule has 0 fully saturated rings. The molecular formula is C12H14N2O9S3. The van der Waals surface area contributed by atoms with Crippen LogP contribution in [0.15, 0.2) is 57.2 Å². The maximum Gasteiger partial charge on any atom is 0.296 e. The maximum absolute atomic E-state index is 10.7. The lowest BCUT2D eigenvalue weighted by molar-refractivity contribution is 0.479. The predicted octanol–water partition coefficient (Wildman–Crippen LogP) is 0.278. The van der Waals surface area contributed by atoms with Crippen molar-refractivity contribution in [2.45, 2.75) is 14.7 Å². The summed E-state index contributed by atoms with van der Waals surface area (Å²) in [5, 5.41) is 0. The normalized spacial score (nSPS) is 12.1. The van der Waals surface area contributed by atoms with Gasteiger partial charge in [-0.2, -0.15) is 25.3 Å². The molecule has 0 radical (unpaired) electrons. The Morgan fingerprint density at radius 2 is 1.15 bits per heavy atom. The molecule has 144 valence electrons. The van der Waals surface area contributed by atoms with Gasteiger partial charge in [-0.1, -0.05) is 6.07 Å². The van der Waals surface area contributed by atoms with E-state index in [1.807, 2.05) is 0 Å². The number of nitrogen functional groups attached to an aromatic ring is 2. The monoisotopic (exact) mass is 426 g/mol. The summed E-state index contributed by atoms with van der Waals surface area (Å²) in [6, 6.07) is 7.79. The van der Waals surface area contributed by atoms with E-state index in [0.717, 1.165) is 18.2 Å². The standard InChI is InChI=1S/C6H7NO6S2.C6H7NO3S/c7-5-3-4(14(8,9)10)1-2-6(5)15(11,12)13;7-5-2-1-3-6(4-5)11(8,9)10/h1-3H,7H2,(H,8,9,10)(H,11,12,13);1-4H,7H2,(H,8,9,10). The molecule has 11 nitrogen and oxygen atoms in total. The first kappa shape index (κ1) is 21.8. The van der Waals surface area contributed by atoms with Crippen molar-refractivity contribution in [1.82, 2.24) is 0 Å². The average molecular weight is 426 g/mol. The summed E-state index contributed by atoms with van der Waals surface area (Å²) >= 11 is 0. The maximum atomic E-state index is 10.7. The van der Waals surface area contributed by atoms with Gasteiger partial charge in [-0.15, -0.1) is 0 Å². The SMILES string of the molecule is Nc1cc(S(=O)(=O)O)ccc1S(=O)(=O)O.Nc1cccc(S(=O)(=O)O)c1. The second kappa shape index (κ2) is 7.56. The lowest BCUT2D eigenvalue weighted by atomic mass is 10.3. The Bertz CT molecular complexity index is 1120. The molecule has 0 aliphatic carbocycles. The highest BCUT2D eigenvalue weighted by Crippen LogP contribution is 2.21. The smallest absolute Gasteiger partial charge is 0.296 e. The molecule has 0 aliphatic heterocycles. The second-order valence-electron chi connectivity index (χ2n) is 4.70. The Morgan fingerprint density at radius 1 is 0.654 bits per heavy atom. The van der Waals surface area contributed by atoms with Crippen molar-refractivity contribution >= 4 is 41.7 Å². The van der Waals surface area contributed by atoms with Crippen molar-refractivity contribution in [1.29, 1.82) is 0 Å². The van der Waals surface area contributed by atoms with E-state index >= 15 is 0 Å². The van der Waals surface area contributed by atoms with E-state index in [9.17, 15) is 25.3 Å². The quantitative estimate of drug-likeness (QED) is 0.331. The van der Waals surface area contributed by atoms with Crippen LogP contribution in [0, 0.1) is 0 Å². The number of hydrogen-bond acceptors (Lipinski definition) is 8. The van der Waals surface area contributed by atoms with Crippen molar-refractivity contribution in [3.63, 3.8) is 0 Å². The minimum atomic E-state index is -4.50. The van der Waals surface area contributed by atoms with Gasteiger partial charge >= 0.3 is 0 Å². The van der Waals surface area contributed by atoms with Gasteiger partial charge in [0.25, 0.3) is 30.4 Å². The van der Waals surface area contributed by atoms with E-state index in [-0.39, 0.29) is 4.90 Å². The van der Waals surface area contributed by atoms with Gasteiger partial charge in [-0.3, -0.25) is 13.7 Å². The molecule has 0 atom stereocenters. The molecule has 0 heterocycles. The fourth-order valence-electron chi connectivity index (χ4n) is 1.60. The molecule has 2 aromatic rings. The van der Waals surface area contributed by atoms with Crippen LogP contribution in [0.5, 0.6) is 0 Å². The molecule has 0 aromatic heterocycles. The first-order valence-electron chi connectivity index (χ1n) is 6.30. The first-order valence-corrected chi connectivity index (χ1v) is 10.6. The molecule has 0 aliphatic rings. The Kier molecular flexibility index (Phi) is 6.35.